The topological polar surface area (TPSA) is 64.9 Å². The summed E-state index contributed by atoms with van der Waals surface area (Å²) >= 11 is 0. The van der Waals surface area contributed by atoms with Crippen LogP contribution in [0.4, 0.5) is 10.2 Å². The molecule has 4 rings (SSSR count). The molecule has 0 aliphatic heterocycles. The van der Waals surface area contributed by atoms with Crippen LogP contribution in [0.25, 0.3) is 11.4 Å². The van der Waals surface area contributed by atoms with Crippen molar-refractivity contribution in [3.8, 4) is 17.1 Å². The highest BCUT2D eigenvalue weighted by Gasteiger charge is 2.25. The third-order valence-corrected chi connectivity index (χ3v) is 4.05. The van der Waals surface area contributed by atoms with Gasteiger partial charge in [0.2, 0.25) is 0 Å². The van der Waals surface area contributed by atoms with Crippen LogP contribution in [0.15, 0.2) is 42.9 Å². The van der Waals surface area contributed by atoms with Gasteiger partial charge in [0.15, 0.2) is 17.4 Å². The normalized spacial score (nSPS) is 13.7. The van der Waals surface area contributed by atoms with Crippen molar-refractivity contribution in [3.63, 3.8) is 0 Å². The van der Waals surface area contributed by atoms with Gasteiger partial charge in [-0.25, -0.2) is 9.37 Å². The van der Waals surface area contributed by atoms with E-state index in [4.69, 9.17) is 4.74 Å². The molecule has 0 amide bonds. The van der Waals surface area contributed by atoms with Crippen molar-refractivity contribution >= 4 is 5.82 Å². The lowest BCUT2D eigenvalue weighted by molar-refractivity contribution is 0.286. The van der Waals surface area contributed by atoms with Gasteiger partial charge in [-0.1, -0.05) is 12.1 Å². The molecule has 0 atom stereocenters. The first kappa shape index (κ1) is 15.6. The quantitative estimate of drug-likeness (QED) is 0.747. The minimum atomic E-state index is -0.308. The minimum absolute atomic E-state index is 0.174. The Morgan fingerprint density at radius 1 is 1.28 bits per heavy atom. The largest absolute Gasteiger partial charge is 0.487 e. The smallest absolute Gasteiger partial charge is 0.170 e. The van der Waals surface area contributed by atoms with Crippen molar-refractivity contribution in [2.45, 2.75) is 25.5 Å². The van der Waals surface area contributed by atoms with Gasteiger partial charge in [-0.05, 0) is 31.0 Å². The summed E-state index contributed by atoms with van der Waals surface area (Å²) < 4.78 is 21.9. The zero-order valence-corrected chi connectivity index (χ0v) is 13.8. The van der Waals surface area contributed by atoms with E-state index in [9.17, 15) is 4.39 Å². The highest BCUT2D eigenvalue weighted by atomic mass is 19.1. The molecule has 0 spiro atoms. The number of ether oxygens (including phenoxy) is 1. The molecule has 25 heavy (non-hydrogen) atoms. The van der Waals surface area contributed by atoms with Gasteiger partial charge in [0, 0.05) is 30.9 Å². The molecule has 0 saturated heterocycles. The Morgan fingerprint density at radius 2 is 2.16 bits per heavy atom. The summed E-state index contributed by atoms with van der Waals surface area (Å²) in [6.07, 6.45) is 5.54. The summed E-state index contributed by atoms with van der Waals surface area (Å²) in [7, 11) is 1.88. The third-order valence-electron chi connectivity index (χ3n) is 4.05. The van der Waals surface area contributed by atoms with E-state index in [1.165, 1.54) is 0 Å². The predicted molar refractivity (Wildman–Crippen MR) is 91.6 cm³/mol. The Morgan fingerprint density at radius 3 is 2.84 bits per heavy atom. The van der Waals surface area contributed by atoms with Crippen LogP contribution in [-0.4, -0.2) is 25.9 Å². The second kappa shape index (κ2) is 6.51. The second-order valence-corrected chi connectivity index (χ2v) is 6.10. The molecule has 2 heterocycles. The number of pyridine rings is 1. The first-order valence-corrected chi connectivity index (χ1v) is 8.19. The Hall–Kier alpha value is -2.96. The van der Waals surface area contributed by atoms with Gasteiger partial charge >= 0.3 is 0 Å². The van der Waals surface area contributed by atoms with E-state index in [2.05, 4.69) is 20.5 Å². The number of hydrogen-bond acceptors (Lipinski definition) is 5. The molecule has 1 saturated carbocycles. The summed E-state index contributed by atoms with van der Waals surface area (Å²) in [6, 6.07) is 8.97. The summed E-state index contributed by atoms with van der Waals surface area (Å²) in [6.45, 7) is 0.337. The molecular formula is C18H18FN5O. The summed E-state index contributed by atoms with van der Waals surface area (Å²) in [5.41, 5.74) is 1.42. The molecule has 7 heteroatoms. The van der Waals surface area contributed by atoms with Crippen LogP contribution in [0.1, 0.15) is 18.4 Å². The van der Waals surface area contributed by atoms with Crippen LogP contribution in [0.3, 0.4) is 0 Å². The van der Waals surface area contributed by atoms with Crippen LogP contribution in [0.2, 0.25) is 0 Å². The predicted octanol–water partition coefficient (Wildman–Crippen LogP) is 3.17. The highest BCUT2D eigenvalue weighted by Crippen LogP contribution is 2.30. The van der Waals surface area contributed by atoms with E-state index in [1.807, 2.05) is 29.8 Å². The molecule has 0 unspecified atom stereocenters. The van der Waals surface area contributed by atoms with Crippen molar-refractivity contribution in [1.82, 2.24) is 19.7 Å². The minimum Gasteiger partial charge on any atom is -0.487 e. The fourth-order valence-electron chi connectivity index (χ4n) is 2.51. The van der Waals surface area contributed by atoms with Crippen LogP contribution in [-0.2, 0) is 13.6 Å². The van der Waals surface area contributed by atoms with Gasteiger partial charge in [0.1, 0.15) is 12.1 Å². The zero-order valence-electron chi connectivity index (χ0n) is 13.8. The Balaban J connectivity index is 1.44. The first-order valence-electron chi connectivity index (χ1n) is 8.19. The summed E-state index contributed by atoms with van der Waals surface area (Å²) in [5.74, 6) is 1.43. The van der Waals surface area contributed by atoms with Crippen LogP contribution in [0, 0.1) is 5.82 Å². The molecule has 1 aliphatic rings. The molecule has 1 aliphatic carbocycles. The Kier molecular flexibility index (Phi) is 4.05. The monoisotopic (exact) mass is 339 g/mol. The molecule has 1 N–H and O–H groups in total. The number of nitrogens with one attached hydrogen (secondary N) is 1. The number of benzene rings is 1. The number of aryl methyl sites for hydroxylation is 1. The van der Waals surface area contributed by atoms with Gasteiger partial charge in [-0.15, -0.1) is 10.2 Å². The van der Waals surface area contributed by atoms with Gasteiger partial charge in [0.25, 0.3) is 0 Å². The zero-order chi connectivity index (χ0) is 17.2. The highest BCUT2D eigenvalue weighted by molar-refractivity contribution is 5.56. The third kappa shape index (κ3) is 3.45. The molecule has 1 aromatic carbocycles. The van der Waals surface area contributed by atoms with Crippen LogP contribution in [0.5, 0.6) is 5.75 Å². The van der Waals surface area contributed by atoms with Crippen molar-refractivity contribution in [2.75, 3.05) is 5.32 Å². The molecule has 0 radical (unpaired) electrons. The Labute approximate surface area is 144 Å². The van der Waals surface area contributed by atoms with E-state index in [0.29, 0.717) is 23.7 Å². The number of nitrogens with zero attached hydrogens (tertiary/aromatic N) is 4. The Bertz CT molecular complexity index is 873. The van der Waals surface area contributed by atoms with E-state index in [-0.39, 0.29) is 11.9 Å². The number of halogens is 1. The lowest BCUT2D eigenvalue weighted by atomic mass is 10.2. The van der Waals surface area contributed by atoms with Crippen molar-refractivity contribution in [2.24, 2.45) is 7.05 Å². The maximum absolute atomic E-state index is 14.5. The number of aromatic nitrogens is 4. The molecular weight excluding hydrogens is 321 g/mol. The van der Waals surface area contributed by atoms with E-state index in [0.717, 1.165) is 24.2 Å². The maximum atomic E-state index is 14.5. The maximum Gasteiger partial charge on any atom is 0.170 e. The fourth-order valence-corrected chi connectivity index (χ4v) is 2.51. The molecule has 3 aromatic rings. The number of hydrogen-bond donors (Lipinski definition) is 1. The van der Waals surface area contributed by atoms with E-state index >= 15 is 0 Å². The van der Waals surface area contributed by atoms with E-state index in [1.54, 1.807) is 24.7 Å². The SMILES string of the molecule is Cn1cnnc1-c1ccc(NCc2cccc(OC3CC3)c2F)nc1. The lowest BCUT2D eigenvalue weighted by Gasteiger charge is -2.11. The average molecular weight is 339 g/mol. The van der Waals surface area contributed by atoms with E-state index < -0.39 is 0 Å². The molecule has 2 aromatic heterocycles. The van der Waals surface area contributed by atoms with Crippen molar-refractivity contribution in [3.05, 3.63) is 54.2 Å². The molecule has 1 fully saturated rings. The molecule has 0 bridgehead atoms. The van der Waals surface area contributed by atoms with Gasteiger partial charge < -0.3 is 14.6 Å². The van der Waals surface area contributed by atoms with Gasteiger partial charge in [-0.2, -0.15) is 0 Å². The van der Waals surface area contributed by atoms with Crippen molar-refractivity contribution in [1.29, 1.82) is 0 Å². The number of anilines is 1. The molecule has 128 valence electrons. The van der Waals surface area contributed by atoms with Gasteiger partial charge in [-0.3, -0.25) is 0 Å². The fraction of sp³-hybridized carbons (Fsp3) is 0.278. The average Bonchev–Trinajstić information content (AvgIpc) is 3.34. The van der Waals surface area contributed by atoms with Crippen molar-refractivity contribution < 1.29 is 9.13 Å². The first-order chi connectivity index (χ1) is 12.2. The van der Waals surface area contributed by atoms with Crippen LogP contribution < -0.4 is 10.1 Å². The summed E-state index contributed by atoms with van der Waals surface area (Å²) in [4.78, 5) is 4.36. The molecule has 6 nitrogen and oxygen atoms in total. The van der Waals surface area contributed by atoms with Crippen LogP contribution >= 0.6 is 0 Å². The summed E-state index contributed by atoms with van der Waals surface area (Å²) in [5, 5.41) is 11.0. The second-order valence-electron chi connectivity index (χ2n) is 6.10. The lowest BCUT2D eigenvalue weighted by Crippen LogP contribution is -2.06. The van der Waals surface area contributed by atoms with Gasteiger partial charge in [0.05, 0.1) is 6.10 Å². The number of rotatable bonds is 6. The standard InChI is InChI=1S/C18H18FN5O/c1-24-11-22-23-18(24)13-5-8-16(21-10-13)20-9-12-3-2-4-15(17(12)19)25-14-6-7-14/h2-5,8,10-11,14H,6-7,9H2,1H3,(H,20,21).